The lowest BCUT2D eigenvalue weighted by Crippen LogP contribution is -2.41. The van der Waals surface area contributed by atoms with Crippen molar-refractivity contribution < 1.29 is 18.3 Å². The molecule has 0 amide bonds. The lowest BCUT2D eigenvalue weighted by atomic mass is 9.91. The Morgan fingerprint density at radius 2 is 2.14 bits per heavy atom. The van der Waals surface area contributed by atoms with Crippen LogP contribution in [0.1, 0.15) is 19.3 Å². The Balaban J connectivity index is 2.13. The molecule has 2 rings (SSSR count). The summed E-state index contributed by atoms with van der Waals surface area (Å²) < 4.78 is 37.4. The average molecular weight is 209 g/mol. The van der Waals surface area contributed by atoms with Crippen molar-refractivity contribution in [3.05, 3.63) is 0 Å². The molecular weight excluding hydrogens is 195 g/mol. The van der Waals surface area contributed by atoms with Crippen LogP contribution in [0.15, 0.2) is 0 Å². The van der Waals surface area contributed by atoms with Crippen LogP contribution in [-0.4, -0.2) is 41.4 Å². The number of aliphatic hydroxyl groups excluding tert-OH is 1. The van der Waals surface area contributed by atoms with Gasteiger partial charge in [0.05, 0.1) is 12.5 Å². The van der Waals surface area contributed by atoms with Gasteiger partial charge in [0.25, 0.3) is 0 Å². The third-order valence-electron chi connectivity index (χ3n) is 3.57. The smallest absolute Gasteiger partial charge is 0.393 e. The number of hydrogen-bond donors (Lipinski definition) is 1. The zero-order valence-electron chi connectivity index (χ0n) is 7.85. The van der Waals surface area contributed by atoms with Crippen LogP contribution in [0.3, 0.4) is 0 Å². The Kier molecular flexibility index (Phi) is 2.27. The van der Waals surface area contributed by atoms with E-state index in [1.165, 1.54) is 0 Å². The van der Waals surface area contributed by atoms with E-state index < -0.39 is 17.6 Å². The highest BCUT2D eigenvalue weighted by molar-refractivity contribution is 5.04. The summed E-state index contributed by atoms with van der Waals surface area (Å²) >= 11 is 0. The second-order valence-corrected chi connectivity index (χ2v) is 4.37. The zero-order chi connectivity index (χ0) is 10.4. The Morgan fingerprint density at radius 3 is 2.64 bits per heavy atom. The van der Waals surface area contributed by atoms with Crippen molar-refractivity contribution in [2.24, 2.45) is 5.92 Å². The SMILES string of the molecule is OC[C@]12CCCN1C[C@H](C(F)(F)F)C2. The van der Waals surface area contributed by atoms with E-state index >= 15 is 0 Å². The molecule has 14 heavy (non-hydrogen) atoms. The molecule has 82 valence electrons. The van der Waals surface area contributed by atoms with Crippen LogP contribution in [0.5, 0.6) is 0 Å². The van der Waals surface area contributed by atoms with E-state index in [1.54, 1.807) is 0 Å². The summed E-state index contributed by atoms with van der Waals surface area (Å²) in [6.07, 6.45) is -2.42. The number of nitrogens with zero attached hydrogens (tertiary/aromatic N) is 1. The summed E-state index contributed by atoms with van der Waals surface area (Å²) in [6.45, 7) is 0.636. The van der Waals surface area contributed by atoms with Crippen LogP contribution in [0, 0.1) is 5.92 Å². The minimum absolute atomic E-state index is 0.0735. The molecule has 2 nitrogen and oxygen atoms in total. The fraction of sp³-hybridized carbons (Fsp3) is 1.00. The number of alkyl halides is 3. The van der Waals surface area contributed by atoms with Crippen molar-refractivity contribution in [3.63, 3.8) is 0 Å². The van der Waals surface area contributed by atoms with E-state index in [1.807, 2.05) is 4.90 Å². The van der Waals surface area contributed by atoms with Crippen molar-refractivity contribution in [3.8, 4) is 0 Å². The predicted molar refractivity (Wildman–Crippen MR) is 44.8 cm³/mol. The van der Waals surface area contributed by atoms with Gasteiger partial charge in [-0.1, -0.05) is 0 Å². The van der Waals surface area contributed by atoms with Gasteiger partial charge in [-0.2, -0.15) is 13.2 Å². The first-order valence-corrected chi connectivity index (χ1v) is 4.91. The van der Waals surface area contributed by atoms with Crippen LogP contribution in [-0.2, 0) is 0 Å². The third-order valence-corrected chi connectivity index (χ3v) is 3.57. The predicted octanol–water partition coefficient (Wildman–Crippen LogP) is 1.40. The van der Waals surface area contributed by atoms with Gasteiger partial charge in [-0.05, 0) is 25.8 Å². The third kappa shape index (κ3) is 1.42. The van der Waals surface area contributed by atoms with E-state index in [2.05, 4.69) is 0 Å². The Hall–Kier alpha value is -0.290. The van der Waals surface area contributed by atoms with E-state index in [-0.39, 0.29) is 19.6 Å². The summed E-state index contributed by atoms with van der Waals surface area (Å²) in [5, 5.41) is 9.20. The van der Waals surface area contributed by atoms with Gasteiger partial charge >= 0.3 is 6.18 Å². The maximum Gasteiger partial charge on any atom is 0.393 e. The molecule has 0 spiro atoms. The lowest BCUT2D eigenvalue weighted by molar-refractivity contribution is -0.171. The van der Waals surface area contributed by atoms with Gasteiger partial charge < -0.3 is 5.11 Å². The molecular formula is C9H14F3NO. The molecule has 2 heterocycles. The highest BCUT2D eigenvalue weighted by Gasteiger charge is 2.55. The maximum atomic E-state index is 12.5. The average Bonchev–Trinajstić information content (AvgIpc) is 2.56. The summed E-state index contributed by atoms with van der Waals surface area (Å²) in [6, 6.07) is 0. The minimum Gasteiger partial charge on any atom is -0.394 e. The number of halogens is 3. The van der Waals surface area contributed by atoms with Gasteiger partial charge in [0.2, 0.25) is 0 Å². The monoisotopic (exact) mass is 209 g/mol. The molecule has 0 radical (unpaired) electrons. The molecule has 0 aromatic carbocycles. The van der Waals surface area contributed by atoms with Crippen LogP contribution in [0.4, 0.5) is 13.2 Å². The van der Waals surface area contributed by atoms with E-state index in [9.17, 15) is 18.3 Å². The first-order chi connectivity index (χ1) is 6.48. The molecule has 2 fully saturated rings. The highest BCUT2D eigenvalue weighted by Crippen LogP contribution is 2.46. The van der Waals surface area contributed by atoms with Gasteiger partial charge in [-0.15, -0.1) is 0 Å². The topological polar surface area (TPSA) is 23.5 Å². The second-order valence-electron chi connectivity index (χ2n) is 4.37. The molecule has 5 heteroatoms. The van der Waals surface area contributed by atoms with Gasteiger partial charge in [0.15, 0.2) is 0 Å². The van der Waals surface area contributed by atoms with Crippen molar-refractivity contribution in [2.45, 2.75) is 31.0 Å². The number of hydrogen-bond acceptors (Lipinski definition) is 2. The molecule has 0 aromatic heterocycles. The molecule has 0 aromatic rings. The van der Waals surface area contributed by atoms with Gasteiger partial charge in [-0.3, -0.25) is 4.90 Å². The zero-order valence-corrected chi connectivity index (χ0v) is 7.85. The molecule has 2 atom stereocenters. The van der Waals surface area contributed by atoms with Gasteiger partial charge in [0, 0.05) is 12.1 Å². The molecule has 0 saturated carbocycles. The van der Waals surface area contributed by atoms with Crippen molar-refractivity contribution in [2.75, 3.05) is 19.7 Å². The maximum absolute atomic E-state index is 12.5. The van der Waals surface area contributed by atoms with Crippen LogP contribution in [0.2, 0.25) is 0 Å². The van der Waals surface area contributed by atoms with Crippen molar-refractivity contribution in [1.29, 1.82) is 0 Å². The second kappa shape index (κ2) is 3.10. The summed E-state index contributed by atoms with van der Waals surface area (Å²) in [5.41, 5.74) is -0.555. The Morgan fingerprint density at radius 1 is 1.43 bits per heavy atom. The standard InChI is InChI=1S/C9H14F3NO/c10-9(11,12)7-4-8(6-14)2-1-3-13(8)5-7/h7,14H,1-6H2/t7-,8-/m1/s1. The summed E-state index contributed by atoms with van der Waals surface area (Å²) in [4.78, 5) is 1.81. The van der Waals surface area contributed by atoms with E-state index in [4.69, 9.17) is 0 Å². The summed E-state index contributed by atoms with van der Waals surface area (Å²) in [5.74, 6) is -1.24. The van der Waals surface area contributed by atoms with Gasteiger partial charge in [-0.25, -0.2) is 0 Å². The number of aliphatic hydroxyl groups is 1. The molecule has 1 N–H and O–H groups in total. The fourth-order valence-corrected chi connectivity index (χ4v) is 2.76. The van der Waals surface area contributed by atoms with Crippen molar-refractivity contribution in [1.82, 2.24) is 4.90 Å². The van der Waals surface area contributed by atoms with Crippen molar-refractivity contribution >= 4 is 0 Å². The first-order valence-electron chi connectivity index (χ1n) is 4.91. The largest absolute Gasteiger partial charge is 0.394 e. The van der Waals surface area contributed by atoms with Gasteiger partial charge in [0.1, 0.15) is 0 Å². The van der Waals surface area contributed by atoms with E-state index in [0.29, 0.717) is 13.0 Å². The number of fused-ring (bicyclic) bond motifs is 1. The van der Waals surface area contributed by atoms with Crippen LogP contribution >= 0.6 is 0 Å². The molecule has 0 aliphatic carbocycles. The normalized spacial score (nSPS) is 39.0. The molecule has 2 aliphatic rings. The molecule has 2 aliphatic heterocycles. The quantitative estimate of drug-likeness (QED) is 0.705. The Labute approximate surface area is 80.7 Å². The lowest BCUT2D eigenvalue weighted by Gasteiger charge is -2.29. The Bertz CT molecular complexity index is 231. The number of rotatable bonds is 1. The van der Waals surface area contributed by atoms with E-state index in [0.717, 1.165) is 6.42 Å². The molecule has 2 saturated heterocycles. The van der Waals surface area contributed by atoms with Crippen LogP contribution in [0.25, 0.3) is 0 Å². The molecule has 0 bridgehead atoms. The summed E-state index contributed by atoms with van der Waals surface area (Å²) in [7, 11) is 0. The molecule has 0 unspecified atom stereocenters. The first kappa shape index (κ1) is 10.2. The highest BCUT2D eigenvalue weighted by atomic mass is 19.4. The van der Waals surface area contributed by atoms with Crippen LogP contribution < -0.4 is 0 Å². The minimum atomic E-state index is -4.10. The fourth-order valence-electron chi connectivity index (χ4n) is 2.76.